The summed E-state index contributed by atoms with van der Waals surface area (Å²) in [7, 11) is 2.20. The maximum absolute atomic E-state index is 5.92. The van der Waals surface area contributed by atoms with E-state index >= 15 is 0 Å². The maximum atomic E-state index is 5.92. The van der Waals surface area contributed by atoms with Crippen molar-refractivity contribution in [1.82, 2.24) is 9.80 Å². The molecule has 1 aromatic carbocycles. The SMILES string of the molecule is CC(C)Oc1ccc(Br)cc1CCCN1CCN(C)CC1. The van der Waals surface area contributed by atoms with Crippen LogP contribution in [0.25, 0.3) is 0 Å². The van der Waals surface area contributed by atoms with Crippen LogP contribution >= 0.6 is 15.9 Å². The zero-order valence-electron chi connectivity index (χ0n) is 13.4. The number of aryl methyl sites for hydroxylation is 1. The van der Waals surface area contributed by atoms with Crippen LogP contribution in [0.3, 0.4) is 0 Å². The number of hydrogen-bond donors (Lipinski definition) is 0. The minimum atomic E-state index is 0.225. The molecule has 1 heterocycles. The van der Waals surface area contributed by atoms with Crippen molar-refractivity contribution in [2.45, 2.75) is 32.8 Å². The van der Waals surface area contributed by atoms with E-state index in [0.29, 0.717) is 0 Å². The van der Waals surface area contributed by atoms with Gasteiger partial charge in [0.25, 0.3) is 0 Å². The molecule has 0 unspecified atom stereocenters. The lowest BCUT2D eigenvalue weighted by molar-refractivity contribution is 0.153. The zero-order valence-corrected chi connectivity index (χ0v) is 15.0. The van der Waals surface area contributed by atoms with E-state index in [-0.39, 0.29) is 6.10 Å². The van der Waals surface area contributed by atoms with Gasteiger partial charge < -0.3 is 14.5 Å². The largest absolute Gasteiger partial charge is 0.491 e. The molecule has 0 atom stereocenters. The first-order valence-corrected chi connectivity index (χ1v) is 8.70. The van der Waals surface area contributed by atoms with Crippen LogP contribution in [0.15, 0.2) is 22.7 Å². The topological polar surface area (TPSA) is 15.7 Å². The fourth-order valence-corrected chi connectivity index (χ4v) is 3.09. The van der Waals surface area contributed by atoms with Crippen molar-refractivity contribution in [3.8, 4) is 5.75 Å². The quantitative estimate of drug-likeness (QED) is 0.778. The van der Waals surface area contributed by atoms with Crippen LogP contribution in [-0.2, 0) is 6.42 Å². The molecule has 21 heavy (non-hydrogen) atoms. The third-order valence-corrected chi connectivity index (χ3v) is 4.39. The van der Waals surface area contributed by atoms with Crippen LogP contribution in [-0.4, -0.2) is 55.7 Å². The average molecular weight is 355 g/mol. The van der Waals surface area contributed by atoms with Crippen molar-refractivity contribution in [2.24, 2.45) is 0 Å². The van der Waals surface area contributed by atoms with E-state index in [1.54, 1.807) is 0 Å². The van der Waals surface area contributed by atoms with Gasteiger partial charge in [0.05, 0.1) is 6.10 Å². The predicted molar refractivity (Wildman–Crippen MR) is 92.2 cm³/mol. The number of benzene rings is 1. The van der Waals surface area contributed by atoms with Crippen molar-refractivity contribution < 1.29 is 4.74 Å². The molecule has 0 aliphatic carbocycles. The fraction of sp³-hybridized carbons (Fsp3) is 0.647. The molecule has 0 spiro atoms. The van der Waals surface area contributed by atoms with Gasteiger partial charge in [-0.1, -0.05) is 15.9 Å². The number of hydrogen-bond acceptors (Lipinski definition) is 3. The van der Waals surface area contributed by atoms with E-state index in [9.17, 15) is 0 Å². The summed E-state index contributed by atoms with van der Waals surface area (Å²) in [4.78, 5) is 4.97. The maximum Gasteiger partial charge on any atom is 0.122 e. The Labute approximate surface area is 137 Å². The van der Waals surface area contributed by atoms with E-state index in [1.807, 2.05) is 0 Å². The van der Waals surface area contributed by atoms with Gasteiger partial charge in [0.15, 0.2) is 0 Å². The Hall–Kier alpha value is -0.580. The first kappa shape index (κ1) is 16.8. The molecular formula is C17H27BrN2O. The normalized spacial score (nSPS) is 17.4. The zero-order chi connectivity index (χ0) is 15.2. The Morgan fingerprint density at radius 2 is 1.90 bits per heavy atom. The van der Waals surface area contributed by atoms with Crippen molar-refractivity contribution in [3.05, 3.63) is 28.2 Å². The second-order valence-corrected chi connectivity index (χ2v) is 7.08. The van der Waals surface area contributed by atoms with Crippen LogP contribution in [0.4, 0.5) is 0 Å². The van der Waals surface area contributed by atoms with Crippen molar-refractivity contribution in [3.63, 3.8) is 0 Å². The van der Waals surface area contributed by atoms with E-state index < -0.39 is 0 Å². The van der Waals surface area contributed by atoms with Crippen molar-refractivity contribution >= 4 is 15.9 Å². The molecule has 1 aliphatic rings. The van der Waals surface area contributed by atoms with Gasteiger partial charge in [-0.3, -0.25) is 0 Å². The molecule has 0 radical (unpaired) electrons. The van der Waals surface area contributed by atoms with Crippen molar-refractivity contribution in [2.75, 3.05) is 39.8 Å². The van der Waals surface area contributed by atoms with Crippen molar-refractivity contribution in [1.29, 1.82) is 0 Å². The first-order chi connectivity index (χ1) is 10.0. The molecule has 0 N–H and O–H groups in total. The van der Waals surface area contributed by atoms with E-state index in [0.717, 1.165) is 16.6 Å². The van der Waals surface area contributed by atoms with Crippen LogP contribution in [0, 0.1) is 0 Å². The Balaban J connectivity index is 1.85. The fourth-order valence-electron chi connectivity index (χ4n) is 2.68. The molecule has 1 aliphatic heterocycles. The number of likely N-dealkylation sites (N-methyl/N-ethyl adjacent to an activating group) is 1. The molecule has 118 valence electrons. The predicted octanol–water partition coefficient (Wildman–Crippen LogP) is 3.42. The molecule has 1 aromatic rings. The van der Waals surface area contributed by atoms with Gasteiger partial charge >= 0.3 is 0 Å². The lowest BCUT2D eigenvalue weighted by Crippen LogP contribution is -2.44. The highest BCUT2D eigenvalue weighted by molar-refractivity contribution is 9.10. The van der Waals surface area contributed by atoms with Gasteiger partial charge in [0.2, 0.25) is 0 Å². The van der Waals surface area contributed by atoms with Gasteiger partial charge in [-0.2, -0.15) is 0 Å². The molecule has 0 saturated carbocycles. The Bertz CT molecular complexity index is 442. The summed E-state index contributed by atoms with van der Waals surface area (Å²) in [6.45, 7) is 10.1. The summed E-state index contributed by atoms with van der Waals surface area (Å²) < 4.78 is 7.05. The number of piperazine rings is 1. The van der Waals surface area contributed by atoms with E-state index in [2.05, 4.69) is 64.8 Å². The summed E-state index contributed by atoms with van der Waals surface area (Å²) in [6, 6.07) is 6.33. The molecule has 1 fully saturated rings. The van der Waals surface area contributed by atoms with Gasteiger partial charge in [0.1, 0.15) is 5.75 Å². The molecule has 0 aromatic heterocycles. The van der Waals surface area contributed by atoms with Crippen LogP contribution in [0.2, 0.25) is 0 Å². The summed E-state index contributed by atoms with van der Waals surface area (Å²) in [5.41, 5.74) is 1.31. The number of ether oxygens (including phenoxy) is 1. The van der Waals surface area contributed by atoms with Gasteiger partial charge in [-0.25, -0.2) is 0 Å². The molecular weight excluding hydrogens is 328 g/mol. The van der Waals surface area contributed by atoms with E-state index in [1.165, 1.54) is 44.7 Å². The minimum absolute atomic E-state index is 0.225. The van der Waals surface area contributed by atoms with Gasteiger partial charge in [-0.15, -0.1) is 0 Å². The number of nitrogens with zero attached hydrogens (tertiary/aromatic N) is 2. The lowest BCUT2D eigenvalue weighted by Gasteiger charge is -2.32. The van der Waals surface area contributed by atoms with E-state index in [4.69, 9.17) is 4.74 Å². The van der Waals surface area contributed by atoms with Crippen LogP contribution < -0.4 is 4.74 Å². The number of halogens is 1. The summed E-state index contributed by atoms with van der Waals surface area (Å²) in [6.07, 6.45) is 2.49. The monoisotopic (exact) mass is 354 g/mol. The lowest BCUT2D eigenvalue weighted by atomic mass is 10.1. The van der Waals surface area contributed by atoms with Gasteiger partial charge in [0, 0.05) is 30.7 Å². The van der Waals surface area contributed by atoms with Crippen LogP contribution in [0.1, 0.15) is 25.8 Å². The third-order valence-electron chi connectivity index (χ3n) is 3.90. The van der Waals surface area contributed by atoms with Gasteiger partial charge in [-0.05, 0) is 64.0 Å². The van der Waals surface area contributed by atoms with Crippen LogP contribution in [0.5, 0.6) is 5.75 Å². The molecule has 0 amide bonds. The number of rotatable bonds is 6. The molecule has 2 rings (SSSR count). The minimum Gasteiger partial charge on any atom is -0.491 e. The molecule has 3 nitrogen and oxygen atoms in total. The standard InChI is InChI=1S/C17H27BrN2O/c1-14(2)21-17-7-6-16(18)13-15(17)5-4-8-20-11-9-19(3)10-12-20/h6-7,13-14H,4-5,8-12H2,1-3H3. The highest BCUT2D eigenvalue weighted by Gasteiger charge is 2.13. The highest BCUT2D eigenvalue weighted by Crippen LogP contribution is 2.25. The second-order valence-electron chi connectivity index (χ2n) is 6.17. The second kappa shape index (κ2) is 8.16. The summed E-state index contributed by atoms with van der Waals surface area (Å²) >= 11 is 3.57. The Kier molecular flexibility index (Phi) is 6.52. The first-order valence-electron chi connectivity index (χ1n) is 7.90. The third kappa shape index (κ3) is 5.61. The average Bonchev–Trinajstić information content (AvgIpc) is 2.43. The highest BCUT2D eigenvalue weighted by atomic mass is 79.9. The smallest absolute Gasteiger partial charge is 0.122 e. The Morgan fingerprint density at radius 3 is 2.57 bits per heavy atom. The Morgan fingerprint density at radius 1 is 1.19 bits per heavy atom. The summed E-state index contributed by atoms with van der Waals surface area (Å²) in [5.74, 6) is 1.03. The molecule has 4 heteroatoms. The molecule has 0 bridgehead atoms. The molecule has 1 saturated heterocycles. The summed E-state index contributed by atoms with van der Waals surface area (Å²) in [5, 5.41) is 0.